The van der Waals surface area contributed by atoms with E-state index in [2.05, 4.69) is 5.32 Å². The first-order valence-corrected chi connectivity index (χ1v) is 5.77. The summed E-state index contributed by atoms with van der Waals surface area (Å²) in [5.74, 6) is -0.977. The van der Waals surface area contributed by atoms with Crippen molar-refractivity contribution < 1.29 is 19.1 Å². The smallest absolute Gasteiger partial charge is 0.311 e. The summed E-state index contributed by atoms with van der Waals surface area (Å²) in [5, 5.41) is 2.15. The maximum atomic E-state index is 11.5. The number of hydrogen-bond acceptors (Lipinski definition) is 4. The molecule has 0 saturated heterocycles. The van der Waals surface area contributed by atoms with Crippen molar-refractivity contribution in [3.63, 3.8) is 0 Å². The zero-order valence-electron chi connectivity index (χ0n) is 11.0. The third-order valence-electron chi connectivity index (χ3n) is 2.53. The van der Waals surface area contributed by atoms with Crippen molar-refractivity contribution in [3.05, 3.63) is 0 Å². The summed E-state index contributed by atoms with van der Waals surface area (Å²) < 4.78 is 5.05. The maximum absolute atomic E-state index is 11.5. The second-order valence-electron chi connectivity index (χ2n) is 4.58. The summed E-state index contributed by atoms with van der Waals surface area (Å²) in [7, 11) is 0. The molecular formula is C12H21NO4. The van der Waals surface area contributed by atoms with Crippen molar-refractivity contribution >= 4 is 17.8 Å². The standard InChI is InChI=1S/C12H21NO4/c1-5-12(3,4)11(16)17-8-6-7-10(15)13-9(2)14/h5-8H2,1-4H3,(H,13,14,15). The number of imide groups is 1. The fourth-order valence-electron chi connectivity index (χ4n) is 0.996. The normalized spacial score (nSPS) is 10.8. The molecule has 0 saturated carbocycles. The van der Waals surface area contributed by atoms with E-state index in [-0.39, 0.29) is 30.8 Å². The highest BCUT2D eigenvalue weighted by Gasteiger charge is 2.26. The third-order valence-corrected chi connectivity index (χ3v) is 2.53. The van der Waals surface area contributed by atoms with Gasteiger partial charge in [0.05, 0.1) is 12.0 Å². The van der Waals surface area contributed by atoms with Crippen molar-refractivity contribution in [2.24, 2.45) is 5.41 Å². The van der Waals surface area contributed by atoms with Gasteiger partial charge in [-0.15, -0.1) is 0 Å². The third kappa shape index (κ3) is 6.71. The molecule has 0 heterocycles. The first-order chi connectivity index (χ1) is 7.79. The van der Waals surface area contributed by atoms with Crippen molar-refractivity contribution in [1.29, 1.82) is 0 Å². The molecule has 0 fully saturated rings. The van der Waals surface area contributed by atoms with Gasteiger partial charge in [-0.3, -0.25) is 19.7 Å². The van der Waals surface area contributed by atoms with Crippen LogP contribution >= 0.6 is 0 Å². The number of ether oxygens (including phenoxy) is 1. The van der Waals surface area contributed by atoms with E-state index >= 15 is 0 Å². The van der Waals surface area contributed by atoms with Gasteiger partial charge in [0.25, 0.3) is 0 Å². The largest absolute Gasteiger partial charge is 0.465 e. The Hall–Kier alpha value is -1.39. The molecule has 2 amide bonds. The lowest BCUT2D eigenvalue weighted by molar-refractivity contribution is -0.154. The Bertz CT molecular complexity index is 297. The fraction of sp³-hybridized carbons (Fsp3) is 0.750. The molecule has 0 radical (unpaired) electrons. The lowest BCUT2D eigenvalue weighted by atomic mass is 9.91. The van der Waals surface area contributed by atoms with Gasteiger partial charge in [0, 0.05) is 13.3 Å². The zero-order chi connectivity index (χ0) is 13.5. The van der Waals surface area contributed by atoms with Crippen LogP contribution in [0.15, 0.2) is 0 Å². The Morgan fingerprint density at radius 2 is 1.82 bits per heavy atom. The van der Waals surface area contributed by atoms with Crippen molar-refractivity contribution in [3.8, 4) is 0 Å². The average Bonchev–Trinajstić information content (AvgIpc) is 2.23. The summed E-state index contributed by atoms with van der Waals surface area (Å²) in [4.78, 5) is 33.2. The minimum Gasteiger partial charge on any atom is -0.465 e. The lowest BCUT2D eigenvalue weighted by Crippen LogP contribution is -2.29. The van der Waals surface area contributed by atoms with Crippen LogP contribution in [0.5, 0.6) is 0 Å². The van der Waals surface area contributed by atoms with Crippen LogP contribution in [0.1, 0.15) is 47.0 Å². The molecule has 0 aromatic rings. The number of carbonyl (C=O) groups is 3. The number of hydrogen-bond donors (Lipinski definition) is 1. The number of amides is 2. The monoisotopic (exact) mass is 243 g/mol. The van der Waals surface area contributed by atoms with E-state index in [1.54, 1.807) is 0 Å². The predicted octanol–water partition coefficient (Wildman–Crippen LogP) is 1.41. The minimum absolute atomic E-state index is 0.180. The van der Waals surface area contributed by atoms with Gasteiger partial charge in [-0.2, -0.15) is 0 Å². The van der Waals surface area contributed by atoms with E-state index in [1.807, 2.05) is 20.8 Å². The molecule has 0 atom stereocenters. The van der Waals surface area contributed by atoms with Crippen LogP contribution in [0.4, 0.5) is 0 Å². The van der Waals surface area contributed by atoms with Crippen LogP contribution in [-0.4, -0.2) is 24.4 Å². The van der Waals surface area contributed by atoms with E-state index in [9.17, 15) is 14.4 Å². The topological polar surface area (TPSA) is 72.5 Å². The van der Waals surface area contributed by atoms with Gasteiger partial charge < -0.3 is 4.74 Å². The van der Waals surface area contributed by atoms with E-state index in [4.69, 9.17) is 4.74 Å². The molecule has 98 valence electrons. The Morgan fingerprint density at radius 3 is 2.29 bits per heavy atom. The van der Waals surface area contributed by atoms with Crippen LogP contribution in [0.2, 0.25) is 0 Å². The molecule has 0 aromatic heterocycles. The Kier molecular flexibility index (Phi) is 6.46. The lowest BCUT2D eigenvalue weighted by Gasteiger charge is -2.20. The molecule has 0 spiro atoms. The molecule has 0 aliphatic heterocycles. The van der Waals surface area contributed by atoms with Gasteiger partial charge in [-0.05, 0) is 26.7 Å². The summed E-state index contributed by atoms with van der Waals surface area (Å²) in [5.41, 5.74) is -0.484. The molecule has 0 aliphatic carbocycles. The highest BCUT2D eigenvalue weighted by Crippen LogP contribution is 2.21. The fourth-order valence-corrected chi connectivity index (χ4v) is 0.996. The first-order valence-electron chi connectivity index (χ1n) is 5.77. The highest BCUT2D eigenvalue weighted by atomic mass is 16.5. The summed E-state index contributed by atoms with van der Waals surface area (Å²) >= 11 is 0. The van der Waals surface area contributed by atoms with Crippen LogP contribution in [-0.2, 0) is 19.1 Å². The van der Waals surface area contributed by atoms with Crippen molar-refractivity contribution in [1.82, 2.24) is 5.32 Å². The molecule has 5 nitrogen and oxygen atoms in total. The second-order valence-corrected chi connectivity index (χ2v) is 4.58. The molecule has 0 bridgehead atoms. The molecule has 0 unspecified atom stereocenters. The quantitative estimate of drug-likeness (QED) is 0.565. The molecule has 17 heavy (non-hydrogen) atoms. The van der Waals surface area contributed by atoms with Gasteiger partial charge >= 0.3 is 5.97 Å². The number of esters is 1. The molecule has 1 N–H and O–H groups in total. The van der Waals surface area contributed by atoms with E-state index < -0.39 is 5.41 Å². The molecular weight excluding hydrogens is 222 g/mol. The van der Waals surface area contributed by atoms with E-state index in [1.165, 1.54) is 6.92 Å². The van der Waals surface area contributed by atoms with Crippen LogP contribution in [0, 0.1) is 5.41 Å². The molecule has 0 rings (SSSR count). The maximum Gasteiger partial charge on any atom is 0.311 e. The Morgan fingerprint density at radius 1 is 1.24 bits per heavy atom. The van der Waals surface area contributed by atoms with E-state index in [0.717, 1.165) is 0 Å². The zero-order valence-corrected chi connectivity index (χ0v) is 11.0. The molecule has 0 aliphatic rings. The van der Waals surface area contributed by atoms with Gasteiger partial charge in [-0.1, -0.05) is 6.92 Å². The van der Waals surface area contributed by atoms with Crippen molar-refractivity contribution in [2.45, 2.75) is 47.0 Å². The Balaban J connectivity index is 3.75. The average molecular weight is 243 g/mol. The second kappa shape index (κ2) is 7.04. The van der Waals surface area contributed by atoms with Crippen molar-refractivity contribution in [2.75, 3.05) is 6.61 Å². The van der Waals surface area contributed by atoms with Gasteiger partial charge in [0.15, 0.2) is 0 Å². The van der Waals surface area contributed by atoms with Gasteiger partial charge in [0.1, 0.15) is 0 Å². The molecule has 5 heteroatoms. The predicted molar refractivity (Wildman–Crippen MR) is 63.1 cm³/mol. The summed E-state index contributed by atoms with van der Waals surface area (Å²) in [6.07, 6.45) is 1.31. The van der Waals surface area contributed by atoms with Crippen LogP contribution in [0.3, 0.4) is 0 Å². The number of carbonyl (C=O) groups excluding carboxylic acids is 3. The minimum atomic E-state index is -0.484. The highest BCUT2D eigenvalue weighted by molar-refractivity contribution is 5.93. The number of rotatable bonds is 6. The van der Waals surface area contributed by atoms with E-state index in [0.29, 0.717) is 12.8 Å². The molecule has 0 aromatic carbocycles. The van der Waals surface area contributed by atoms with Crippen LogP contribution in [0.25, 0.3) is 0 Å². The van der Waals surface area contributed by atoms with Crippen LogP contribution < -0.4 is 5.32 Å². The summed E-state index contributed by atoms with van der Waals surface area (Å²) in [6.45, 7) is 7.03. The number of nitrogens with one attached hydrogen (secondary N) is 1. The Labute approximate surface area is 102 Å². The van der Waals surface area contributed by atoms with Gasteiger partial charge in [-0.25, -0.2) is 0 Å². The first kappa shape index (κ1) is 15.6. The summed E-state index contributed by atoms with van der Waals surface area (Å²) in [6, 6.07) is 0. The SMILES string of the molecule is CCC(C)(C)C(=O)OCCCC(=O)NC(C)=O. The van der Waals surface area contributed by atoms with Gasteiger partial charge in [0.2, 0.25) is 11.8 Å².